The van der Waals surface area contributed by atoms with Crippen molar-refractivity contribution in [2.24, 2.45) is 5.73 Å². The summed E-state index contributed by atoms with van der Waals surface area (Å²) in [4.78, 5) is 19.0. The molecule has 0 unspecified atom stereocenters. The molecule has 1 aliphatic heterocycles. The number of amides is 1. The van der Waals surface area contributed by atoms with Crippen molar-refractivity contribution < 1.29 is 4.79 Å². The molecule has 0 radical (unpaired) electrons. The molecule has 2 aromatic rings. The Kier molecular flexibility index (Phi) is 6.80. The molecule has 6 nitrogen and oxygen atoms in total. The predicted molar refractivity (Wildman–Crippen MR) is 103 cm³/mol. The second-order valence-electron chi connectivity index (χ2n) is 7.03. The summed E-state index contributed by atoms with van der Waals surface area (Å²) in [7, 11) is 0. The number of carbonyl (C=O) groups excluding carboxylic acids is 1. The highest BCUT2D eigenvalue weighted by Crippen LogP contribution is 2.08. The highest BCUT2D eigenvalue weighted by molar-refractivity contribution is 5.81. The molecule has 1 aliphatic rings. The van der Waals surface area contributed by atoms with Gasteiger partial charge in [-0.1, -0.05) is 36.8 Å². The van der Waals surface area contributed by atoms with E-state index in [0.29, 0.717) is 13.0 Å². The second kappa shape index (κ2) is 9.50. The van der Waals surface area contributed by atoms with Crippen molar-refractivity contribution in [3.8, 4) is 0 Å². The smallest absolute Gasteiger partial charge is 0.237 e. The Morgan fingerprint density at radius 2 is 1.96 bits per heavy atom. The number of benzene rings is 1. The van der Waals surface area contributed by atoms with E-state index in [0.717, 1.165) is 31.9 Å². The zero-order valence-corrected chi connectivity index (χ0v) is 15.3. The van der Waals surface area contributed by atoms with Gasteiger partial charge in [0.1, 0.15) is 0 Å². The maximum absolute atomic E-state index is 12.2. The van der Waals surface area contributed by atoms with Crippen molar-refractivity contribution in [2.75, 3.05) is 26.2 Å². The standard InChI is InChI=1S/C20H29N5O/c21-19(20(26)22-9-12-24-10-5-2-6-11-24)13-18-15-25(16-23-18)14-17-7-3-1-4-8-17/h1,3-4,7-8,15-16,19H,2,5-6,9-14,21H2,(H,22,26)/t19-/m0/s1. The Bertz CT molecular complexity index is 679. The predicted octanol–water partition coefficient (Wildman–Crippen LogP) is 1.40. The number of piperidine rings is 1. The van der Waals surface area contributed by atoms with Crippen LogP contribution in [0.5, 0.6) is 0 Å². The third-order valence-corrected chi connectivity index (χ3v) is 4.84. The summed E-state index contributed by atoms with van der Waals surface area (Å²) >= 11 is 0. The monoisotopic (exact) mass is 355 g/mol. The summed E-state index contributed by atoms with van der Waals surface area (Å²) in [6.07, 6.45) is 8.07. The van der Waals surface area contributed by atoms with Crippen molar-refractivity contribution in [2.45, 2.75) is 38.3 Å². The van der Waals surface area contributed by atoms with E-state index in [1.807, 2.05) is 29.0 Å². The Morgan fingerprint density at radius 1 is 1.19 bits per heavy atom. The number of likely N-dealkylation sites (tertiary alicyclic amines) is 1. The largest absolute Gasteiger partial charge is 0.353 e. The number of hydrogen-bond acceptors (Lipinski definition) is 4. The van der Waals surface area contributed by atoms with Crippen molar-refractivity contribution in [3.05, 3.63) is 54.1 Å². The van der Waals surface area contributed by atoms with E-state index >= 15 is 0 Å². The molecule has 0 aliphatic carbocycles. The molecule has 6 heteroatoms. The van der Waals surface area contributed by atoms with Crippen LogP contribution in [0.15, 0.2) is 42.9 Å². The molecule has 0 bridgehead atoms. The molecule has 1 aromatic carbocycles. The third kappa shape index (κ3) is 5.68. The first-order valence-corrected chi connectivity index (χ1v) is 9.51. The third-order valence-electron chi connectivity index (χ3n) is 4.84. The summed E-state index contributed by atoms with van der Waals surface area (Å²) in [5, 5.41) is 2.96. The number of nitrogens with two attached hydrogens (primary N) is 1. The van der Waals surface area contributed by atoms with Crippen molar-refractivity contribution >= 4 is 5.91 Å². The van der Waals surface area contributed by atoms with Crippen molar-refractivity contribution in [3.63, 3.8) is 0 Å². The summed E-state index contributed by atoms with van der Waals surface area (Å²) in [5.74, 6) is -0.0976. The normalized spacial score (nSPS) is 16.3. The van der Waals surface area contributed by atoms with Gasteiger partial charge in [-0.25, -0.2) is 4.98 Å². The molecular formula is C20H29N5O. The molecule has 26 heavy (non-hydrogen) atoms. The number of carbonyl (C=O) groups is 1. The van der Waals surface area contributed by atoms with Crippen molar-refractivity contribution in [1.82, 2.24) is 19.8 Å². The lowest BCUT2D eigenvalue weighted by atomic mass is 10.1. The fraction of sp³-hybridized carbons (Fsp3) is 0.500. The molecule has 1 fully saturated rings. The first-order chi connectivity index (χ1) is 12.7. The van der Waals surface area contributed by atoms with Gasteiger partial charge in [0, 0.05) is 32.3 Å². The second-order valence-corrected chi connectivity index (χ2v) is 7.03. The Labute approximate surface area is 155 Å². The van der Waals surface area contributed by atoms with Gasteiger partial charge in [-0.2, -0.15) is 0 Å². The minimum absolute atomic E-state index is 0.0976. The Morgan fingerprint density at radius 3 is 2.73 bits per heavy atom. The minimum atomic E-state index is -0.559. The Hall–Kier alpha value is -2.18. The van der Waals surface area contributed by atoms with Gasteiger partial charge < -0.3 is 20.5 Å². The fourth-order valence-corrected chi connectivity index (χ4v) is 3.36. The molecule has 1 aromatic heterocycles. The number of rotatable bonds is 8. The molecule has 0 saturated carbocycles. The average molecular weight is 355 g/mol. The molecular weight excluding hydrogens is 326 g/mol. The van der Waals surface area contributed by atoms with Gasteiger partial charge in [-0.3, -0.25) is 4.79 Å². The molecule has 0 spiro atoms. The van der Waals surface area contributed by atoms with Gasteiger partial charge in [0.2, 0.25) is 5.91 Å². The van der Waals surface area contributed by atoms with Crippen LogP contribution in [0.3, 0.4) is 0 Å². The van der Waals surface area contributed by atoms with Gasteiger partial charge in [0.15, 0.2) is 0 Å². The number of nitrogens with zero attached hydrogens (tertiary/aromatic N) is 3. The zero-order chi connectivity index (χ0) is 18.2. The summed E-state index contributed by atoms with van der Waals surface area (Å²) in [6, 6.07) is 9.67. The molecule has 1 atom stereocenters. The summed E-state index contributed by atoms with van der Waals surface area (Å²) < 4.78 is 2.02. The maximum Gasteiger partial charge on any atom is 0.237 e. The molecule has 1 saturated heterocycles. The van der Waals surface area contributed by atoms with Crippen molar-refractivity contribution in [1.29, 1.82) is 0 Å². The van der Waals surface area contributed by atoms with E-state index in [-0.39, 0.29) is 5.91 Å². The number of hydrogen-bond donors (Lipinski definition) is 2. The van der Waals surface area contributed by atoms with Crippen LogP contribution in [-0.2, 0) is 17.8 Å². The van der Waals surface area contributed by atoms with Gasteiger partial charge in [0.25, 0.3) is 0 Å². The highest BCUT2D eigenvalue weighted by Gasteiger charge is 2.16. The highest BCUT2D eigenvalue weighted by atomic mass is 16.2. The maximum atomic E-state index is 12.2. The minimum Gasteiger partial charge on any atom is -0.353 e. The van der Waals surface area contributed by atoms with Crippen LogP contribution in [0.2, 0.25) is 0 Å². The van der Waals surface area contributed by atoms with Crippen LogP contribution in [0.4, 0.5) is 0 Å². The summed E-state index contributed by atoms with van der Waals surface area (Å²) in [5.41, 5.74) is 8.12. The van der Waals surface area contributed by atoms with E-state index in [1.54, 1.807) is 6.33 Å². The number of aromatic nitrogens is 2. The van der Waals surface area contributed by atoms with Crippen LogP contribution in [0.25, 0.3) is 0 Å². The van der Waals surface area contributed by atoms with Crippen LogP contribution in [0, 0.1) is 0 Å². The average Bonchev–Trinajstić information content (AvgIpc) is 3.10. The molecule has 2 heterocycles. The van der Waals surface area contributed by atoms with Crippen LogP contribution >= 0.6 is 0 Å². The molecule has 140 valence electrons. The molecule has 1 amide bonds. The van der Waals surface area contributed by atoms with Gasteiger partial charge in [-0.05, 0) is 31.5 Å². The first kappa shape index (κ1) is 18.6. The lowest BCUT2D eigenvalue weighted by Gasteiger charge is -2.26. The number of imidazole rings is 1. The fourth-order valence-electron chi connectivity index (χ4n) is 3.36. The van der Waals surface area contributed by atoms with E-state index < -0.39 is 6.04 Å². The van der Waals surface area contributed by atoms with Crippen LogP contribution in [-0.4, -0.2) is 52.6 Å². The van der Waals surface area contributed by atoms with E-state index in [4.69, 9.17) is 5.73 Å². The summed E-state index contributed by atoms with van der Waals surface area (Å²) in [6.45, 7) is 4.62. The molecule has 3 N–H and O–H groups in total. The lowest BCUT2D eigenvalue weighted by Crippen LogP contribution is -2.45. The number of nitrogens with one attached hydrogen (secondary N) is 1. The topological polar surface area (TPSA) is 76.2 Å². The van der Waals surface area contributed by atoms with E-state index in [2.05, 4.69) is 27.3 Å². The van der Waals surface area contributed by atoms with Gasteiger partial charge in [-0.15, -0.1) is 0 Å². The van der Waals surface area contributed by atoms with E-state index in [1.165, 1.54) is 24.8 Å². The Balaban J connectivity index is 1.41. The first-order valence-electron chi connectivity index (χ1n) is 9.51. The molecule has 3 rings (SSSR count). The van der Waals surface area contributed by atoms with Crippen LogP contribution < -0.4 is 11.1 Å². The van der Waals surface area contributed by atoms with Crippen LogP contribution in [0.1, 0.15) is 30.5 Å². The van der Waals surface area contributed by atoms with Gasteiger partial charge in [0.05, 0.1) is 18.1 Å². The zero-order valence-electron chi connectivity index (χ0n) is 15.3. The van der Waals surface area contributed by atoms with Gasteiger partial charge >= 0.3 is 0 Å². The van der Waals surface area contributed by atoms with E-state index in [9.17, 15) is 4.79 Å². The SMILES string of the molecule is N[C@@H](Cc1cn(Cc2ccccc2)cn1)C(=O)NCCN1CCCCC1. The quantitative estimate of drug-likeness (QED) is 0.751. The lowest BCUT2D eigenvalue weighted by molar-refractivity contribution is -0.122.